The third-order valence-corrected chi connectivity index (χ3v) is 6.05. The Hall–Kier alpha value is -3.31. The first kappa shape index (κ1) is 26.3. The summed E-state index contributed by atoms with van der Waals surface area (Å²) in [5, 5.41) is 3.48. The van der Waals surface area contributed by atoms with Crippen molar-refractivity contribution in [1.29, 1.82) is 0 Å². The van der Waals surface area contributed by atoms with Gasteiger partial charge in [-0.3, -0.25) is 9.59 Å². The summed E-state index contributed by atoms with van der Waals surface area (Å²) < 4.78 is 5.76. The van der Waals surface area contributed by atoms with Crippen LogP contribution in [0, 0.1) is 0 Å². The van der Waals surface area contributed by atoms with Crippen molar-refractivity contribution in [2.75, 3.05) is 13.2 Å². The molecule has 0 saturated heterocycles. The lowest BCUT2D eigenvalue weighted by Gasteiger charge is -2.31. The molecule has 5 nitrogen and oxygen atoms in total. The number of benzene rings is 3. The van der Waals surface area contributed by atoms with Gasteiger partial charge in [0, 0.05) is 19.5 Å². The van der Waals surface area contributed by atoms with Crippen LogP contribution in [0.25, 0.3) is 0 Å². The molecular weight excluding hydrogens is 460 g/mol. The summed E-state index contributed by atoms with van der Waals surface area (Å²) in [5.74, 6) is -0.00352. The topological polar surface area (TPSA) is 58.6 Å². The minimum Gasteiger partial charge on any atom is -0.482 e. The minimum atomic E-state index is -0.679. The fourth-order valence-electron chi connectivity index (χ4n) is 3.82. The Labute approximate surface area is 213 Å². The van der Waals surface area contributed by atoms with E-state index in [1.807, 2.05) is 60.7 Å². The molecule has 3 rings (SSSR count). The number of halogens is 1. The molecule has 0 fully saturated rings. The Bertz CT molecular complexity index is 1060. The summed E-state index contributed by atoms with van der Waals surface area (Å²) in [6.07, 6.45) is 3.43. The summed E-state index contributed by atoms with van der Waals surface area (Å²) in [6, 6.07) is 25.8. The molecule has 0 aromatic heterocycles. The van der Waals surface area contributed by atoms with Gasteiger partial charge in [0.15, 0.2) is 6.61 Å². The van der Waals surface area contributed by atoms with Crippen molar-refractivity contribution in [3.05, 3.63) is 101 Å². The summed E-state index contributed by atoms with van der Waals surface area (Å²) in [4.78, 5) is 28.6. The quantitative estimate of drug-likeness (QED) is 0.313. The minimum absolute atomic E-state index is 0.160. The van der Waals surface area contributed by atoms with E-state index in [1.54, 1.807) is 29.2 Å². The van der Waals surface area contributed by atoms with Gasteiger partial charge in [-0.15, -0.1) is 0 Å². The monoisotopic (exact) mass is 492 g/mol. The standard InChI is InChI=1S/C29H33ClN2O3/c1-2-3-12-19-31-29(34)26(20-23-13-6-4-7-14-23)32(21-24-15-8-5-9-16-24)28(33)22-35-27-18-11-10-17-25(27)30/h4-11,13-18,26H,2-3,12,19-22H2,1H3,(H,31,34)/t26-/m0/s1. The van der Waals surface area contributed by atoms with E-state index in [9.17, 15) is 9.59 Å². The Morgan fingerprint density at radius 3 is 2.17 bits per heavy atom. The Balaban J connectivity index is 1.85. The highest BCUT2D eigenvalue weighted by Gasteiger charge is 2.30. The number of hydrogen-bond donors (Lipinski definition) is 1. The molecule has 0 saturated carbocycles. The molecule has 0 radical (unpaired) electrons. The molecule has 3 aromatic carbocycles. The van der Waals surface area contributed by atoms with Crippen LogP contribution in [0.5, 0.6) is 5.75 Å². The van der Waals surface area contributed by atoms with Crippen molar-refractivity contribution in [3.63, 3.8) is 0 Å². The summed E-state index contributed by atoms with van der Waals surface area (Å²) in [5.41, 5.74) is 1.93. The largest absolute Gasteiger partial charge is 0.482 e. The van der Waals surface area contributed by atoms with Gasteiger partial charge in [-0.1, -0.05) is 104 Å². The zero-order chi connectivity index (χ0) is 24.9. The van der Waals surface area contributed by atoms with Crippen molar-refractivity contribution in [1.82, 2.24) is 10.2 Å². The van der Waals surface area contributed by atoms with E-state index in [0.717, 1.165) is 30.4 Å². The van der Waals surface area contributed by atoms with Crippen LogP contribution in [0.4, 0.5) is 0 Å². The molecule has 0 heterocycles. The number of rotatable bonds is 13. The van der Waals surface area contributed by atoms with Gasteiger partial charge in [-0.2, -0.15) is 0 Å². The number of para-hydroxylation sites is 1. The third kappa shape index (κ3) is 8.45. The van der Waals surface area contributed by atoms with E-state index >= 15 is 0 Å². The Kier molecular flexibility index (Phi) is 10.6. The number of unbranched alkanes of at least 4 members (excludes halogenated alkanes) is 2. The van der Waals surface area contributed by atoms with Crippen molar-refractivity contribution in [3.8, 4) is 5.75 Å². The molecule has 0 aliphatic heterocycles. The molecule has 6 heteroatoms. The van der Waals surface area contributed by atoms with Crippen LogP contribution in [0.2, 0.25) is 5.02 Å². The molecule has 0 aliphatic rings. The predicted molar refractivity (Wildman–Crippen MR) is 140 cm³/mol. The van der Waals surface area contributed by atoms with Gasteiger partial charge in [-0.25, -0.2) is 0 Å². The Morgan fingerprint density at radius 2 is 1.51 bits per heavy atom. The maximum Gasteiger partial charge on any atom is 0.261 e. The fraction of sp³-hybridized carbons (Fsp3) is 0.310. The van der Waals surface area contributed by atoms with Crippen LogP contribution < -0.4 is 10.1 Å². The molecule has 2 amide bonds. The lowest BCUT2D eigenvalue weighted by molar-refractivity contribution is -0.142. The van der Waals surface area contributed by atoms with Crippen molar-refractivity contribution in [2.24, 2.45) is 0 Å². The van der Waals surface area contributed by atoms with E-state index in [0.29, 0.717) is 30.3 Å². The molecular formula is C29H33ClN2O3. The first-order chi connectivity index (χ1) is 17.1. The number of amides is 2. The highest BCUT2D eigenvalue weighted by atomic mass is 35.5. The second-order valence-corrected chi connectivity index (χ2v) is 8.84. The summed E-state index contributed by atoms with van der Waals surface area (Å²) in [7, 11) is 0. The van der Waals surface area contributed by atoms with Crippen molar-refractivity contribution in [2.45, 2.75) is 45.2 Å². The van der Waals surface area contributed by atoms with Crippen LogP contribution in [0.15, 0.2) is 84.9 Å². The van der Waals surface area contributed by atoms with Crippen LogP contribution in [0.1, 0.15) is 37.3 Å². The number of nitrogens with one attached hydrogen (secondary N) is 1. The van der Waals surface area contributed by atoms with Gasteiger partial charge in [0.1, 0.15) is 11.8 Å². The normalized spacial score (nSPS) is 11.5. The van der Waals surface area contributed by atoms with Gasteiger partial charge in [0.05, 0.1) is 5.02 Å². The molecule has 184 valence electrons. The average molecular weight is 493 g/mol. The number of carbonyl (C=O) groups is 2. The first-order valence-corrected chi connectivity index (χ1v) is 12.5. The number of carbonyl (C=O) groups excluding carboxylic acids is 2. The number of ether oxygens (including phenoxy) is 1. The summed E-state index contributed by atoms with van der Waals surface area (Å²) >= 11 is 6.21. The van der Waals surface area contributed by atoms with E-state index in [2.05, 4.69) is 12.2 Å². The summed E-state index contributed by atoms with van der Waals surface area (Å²) in [6.45, 7) is 2.79. The van der Waals surface area contributed by atoms with Crippen LogP contribution >= 0.6 is 11.6 Å². The van der Waals surface area contributed by atoms with Gasteiger partial charge < -0.3 is 15.0 Å². The highest BCUT2D eigenvalue weighted by Crippen LogP contribution is 2.23. The maximum atomic E-state index is 13.5. The second kappa shape index (κ2) is 14.2. The number of nitrogens with zero attached hydrogens (tertiary/aromatic N) is 1. The predicted octanol–water partition coefficient (Wildman–Crippen LogP) is 5.67. The smallest absolute Gasteiger partial charge is 0.261 e. The first-order valence-electron chi connectivity index (χ1n) is 12.1. The van der Waals surface area contributed by atoms with Crippen molar-refractivity contribution < 1.29 is 14.3 Å². The van der Waals surface area contributed by atoms with E-state index < -0.39 is 6.04 Å². The van der Waals surface area contributed by atoms with Crippen LogP contribution in [-0.4, -0.2) is 35.9 Å². The molecule has 35 heavy (non-hydrogen) atoms. The number of hydrogen-bond acceptors (Lipinski definition) is 3. The lowest BCUT2D eigenvalue weighted by Crippen LogP contribution is -2.51. The van der Waals surface area contributed by atoms with E-state index in [4.69, 9.17) is 16.3 Å². The van der Waals surface area contributed by atoms with E-state index in [-0.39, 0.29) is 18.4 Å². The van der Waals surface area contributed by atoms with E-state index in [1.165, 1.54) is 0 Å². The molecule has 0 aliphatic carbocycles. The van der Waals surface area contributed by atoms with Crippen molar-refractivity contribution >= 4 is 23.4 Å². The molecule has 1 N–H and O–H groups in total. The van der Waals surface area contributed by atoms with Gasteiger partial charge in [0.25, 0.3) is 5.91 Å². The second-order valence-electron chi connectivity index (χ2n) is 8.43. The Morgan fingerprint density at radius 1 is 0.886 bits per heavy atom. The maximum absolute atomic E-state index is 13.5. The average Bonchev–Trinajstić information content (AvgIpc) is 2.89. The van der Waals surface area contributed by atoms with Gasteiger partial charge in [0.2, 0.25) is 5.91 Å². The fourth-order valence-corrected chi connectivity index (χ4v) is 4.01. The van der Waals surface area contributed by atoms with Gasteiger partial charge >= 0.3 is 0 Å². The molecule has 1 atom stereocenters. The van der Waals surface area contributed by atoms with Crippen LogP contribution in [-0.2, 0) is 22.6 Å². The zero-order valence-electron chi connectivity index (χ0n) is 20.2. The SMILES string of the molecule is CCCCCNC(=O)[C@H](Cc1ccccc1)N(Cc1ccccc1)C(=O)COc1ccccc1Cl. The molecule has 0 spiro atoms. The van der Waals surface area contributed by atoms with Crippen LogP contribution in [0.3, 0.4) is 0 Å². The van der Waals surface area contributed by atoms with Gasteiger partial charge in [-0.05, 0) is 29.7 Å². The highest BCUT2D eigenvalue weighted by molar-refractivity contribution is 6.32. The molecule has 0 unspecified atom stereocenters. The molecule has 0 bridgehead atoms. The lowest BCUT2D eigenvalue weighted by atomic mass is 10.0. The molecule has 3 aromatic rings. The third-order valence-electron chi connectivity index (χ3n) is 5.73. The zero-order valence-corrected chi connectivity index (χ0v) is 20.9.